The molecule has 1 saturated heterocycles. The molecule has 0 aliphatic carbocycles. The maximum absolute atomic E-state index is 6.41. The third kappa shape index (κ3) is 3.17. The molecule has 0 radical (unpaired) electrons. The molecule has 21 heavy (non-hydrogen) atoms. The van der Waals surface area contributed by atoms with E-state index in [4.69, 9.17) is 10.5 Å². The van der Waals surface area contributed by atoms with Crippen LogP contribution in [0.25, 0.3) is 0 Å². The Bertz CT molecular complexity index is 570. The van der Waals surface area contributed by atoms with Gasteiger partial charge in [-0.2, -0.15) is 0 Å². The number of benzene rings is 2. The molecule has 0 bridgehead atoms. The second-order valence-electron chi connectivity index (χ2n) is 6.15. The molecule has 0 amide bonds. The van der Waals surface area contributed by atoms with Gasteiger partial charge in [-0.15, -0.1) is 0 Å². The zero-order chi connectivity index (χ0) is 14.7. The minimum Gasteiger partial charge on any atom is -0.373 e. The van der Waals surface area contributed by atoms with Gasteiger partial charge in [-0.3, -0.25) is 0 Å². The van der Waals surface area contributed by atoms with Crippen LogP contribution in [-0.2, 0) is 11.2 Å². The Balaban J connectivity index is 1.72. The van der Waals surface area contributed by atoms with Crippen molar-refractivity contribution in [3.63, 3.8) is 0 Å². The fourth-order valence-corrected chi connectivity index (χ4v) is 3.07. The van der Waals surface area contributed by atoms with Crippen LogP contribution in [0.15, 0.2) is 54.6 Å². The van der Waals surface area contributed by atoms with Gasteiger partial charge in [-0.05, 0) is 42.9 Å². The van der Waals surface area contributed by atoms with Crippen LogP contribution in [0.3, 0.4) is 0 Å². The summed E-state index contributed by atoms with van der Waals surface area (Å²) in [6.45, 7) is 2.96. The molecule has 2 heteroatoms. The van der Waals surface area contributed by atoms with E-state index >= 15 is 0 Å². The molecular formula is C19H23NO. The summed E-state index contributed by atoms with van der Waals surface area (Å²) in [6.07, 6.45) is 3.11. The van der Waals surface area contributed by atoms with Crippen LogP contribution in [-0.4, -0.2) is 12.2 Å². The van der Waals surface area contributed by atoms with Crippen molar-refractivity contribution in [2.75, 3.05) is 6.61 Å². The largest absolute Gasteiger partial charge is 0.373 e. The van der Waals surface area contributed by atoms with Gasteiger partial charge in [0.25, 0.3) is 0 Å². The van der Waals surface area contributed by atoms with Gasteiger partial charge in [-0.25, -0.2) is 0 Å². The molecule has 1 heterocycles. The summed E-state index contributed by atoms with van der Waals surface area (Å²) < 4.78 is 5.86. The van der Waals surface area contributed by atoms with Crippen LogP contribution >= 0.6 is 0 Å². The van der Waals surface area contributed by atoms with E-state index in [9.17, 15) is 0 Å². The first-order valence-corrected chi connectivity index (χ1v) is 7.70. The first-order valence-electron chi connectivity index (χ1n) is 7.70. The number of nitrogens with two attached hydrogens (primary N) is 1. The van der Waals surface area contributed by atoms with E-state index in [0.29, 0.717) is 0 Å². The fraction of sp³-hybridized carbons (Fsp3) is 0.368. The first-order chi connectivity index (χ1) is 10.2. The van der Waals surface area contributed by atoms with Gasteiger partial charge >= 0.3 is 0 Å². The molecule has 2 N–H and O–H groups in total. The molecule has 2 nitrogen and oxygen atoms in total. The lowest BCUT2D eigenvalue weighted by Gasteiger charge is -2.30. The highest BCUT2D eigenvalue weighted by atomic mass is 16.5. The Morgan fingerprint density at radius 2 is 1.71 bits per heavy atom. The van der Waals surface area contributed by atoms with Crippen LogP contribution in [0.5, 0.6) is 0 Å². The van der Waals surface area contributed by atoms with Gasteiger partial charge in [0.2, 0.25) is 0 Å². The van der Waals surface area contributed by atoms with E-state index in [1.54, 1.807) is 0 Å². The van der Waals surface area contributed by atoms with Crippen molar-refractivity contribution in [1.29, 1.82) is 0 Å². The van der Waals surface area contributed by atoms with E-state index in [2.05, 4.69) is 55.5 Å². The van der Waals surface area contributed by atoms with Crippen molar-refractivity contribution < 1.29 is 4.74 Å². The third-order valence-electron chi connectivity index (χ3n) is 4.50. The molecule has 110 valence electrons. The Labute approximate surface area is 126 Å². The Kier molecular flexibility index (Phi) is 4.09. The number of hydrogen-bond acceptors (Lipinski definition) is 2. The van der Waals surface area contributed by atoms with Crippen LogP contribution in [0.2, 0.25) is 0 Å². The van der Waals surface area contributed by atoms with Crippen LogP contribution in [0.1, 0.15) is 42.5 Å². The van der Waals surface area contributed by atoms with E-state index in [0.717, 1.165) is 31.4 Å². The second kappa shape index (κ2) is 6.00. The molecule has 1 aliphatic heterocycles. The fourth-order valence-electron chi connectivity index (χ4n) is 3.07. The predicted octanol–water partition coefficient (Wildman–Crippen LogP) is 3.85. The van der Waals surface area contributed by atoms with Crippen molar-refractivity contribution in [3.8, 4) is 0 Å². The molecule has 2 unspecified atom stereocenters. The highest BCUT2D eigenvalue weighted by Gasteiger charge is 2.36. The molecule has 2 aromatic carbocycles. The molecule has 3 rings (SSSR count). The Morgan fingerprint density at radius 3 is 2.33 bits per heavy atom. The Morgan fingerprint density at radius 1 is 1.05 bits per heavy atom. The summed E-state index contributed by atoms with van der Waals surface area (Å²) in [5.74, 6) is 0. The quantitative estimate of drug-likeness (QED) is 0.924. The third-order valence-corrected chi connectivity index (χ3v) is 4.50. The van der Waals surface area contributed by atoms with Gasteiger partial charge in [0.15, 0.2) is 0 Å². The lowest BCUT2D eigenvalue weighted by Crippen LogP contribution is -2.37. The average Bonchev–Trinajstić information content (AvgIpc) is 2.96. The monoisotopic (exact) mass is 281 g/mol. The number of rotatable bonds is 4. The topological polar surface area (TPSA) is 35.2 Å². The molecule has 0 saturated carbocycles. The van der Waals surface area contributed by atoms with Crippen LogP contribution in [0, 0.1) is 0 Å². The van der Waals surface area contributed by atoms with Crippen LogP contribution < -0.4 is 5.73 Å². The van der Waals surface area contributed by atoms with Gasteiger partial charge in [0, 0.05) is 6.61 Å². The molecule has 2 aromatic rings. The number of hydrogen-bond donors (Lipinski definition) is 1. The maximum atomic E-state index is 6.41. The predicted molar refractivity (Wildman–Crippen MR) is 86.2 cm³/mol. The molecule has 1 fully saturated rings. The SMILES string of the molecule is CC1(C(N)c2ccc(Cc3ccccc3)cc2)CCCO1. The maximum Gasteiger partial charge on any atom is 0.0847 e. The lowest BCUT2D eigenvalue weighted by atomic mass is 9.88. The summed E-state index contributed by atoms with van der Waals surface area (Å²) in [7, 11) is 0. The summed E-state index contributed by atoms with van der Waals surface area (Å²) in [5, 5.41) is 0. The lowest BCUT2D eigenvalue weighted by molar-refractivity contribution is -0.00173. The van der Waals surface area contributed by atoms with Crippen molar-refractivity contribution >= 4 is 0 Å². The van der Waals surface area contributed by atoms with Gasteiger partial charge in [0.05, 0.1) is 11.6 Å². The summed E-state index contributed by atoms with van der Waals surface area (Å²) in [4.78, 5) is 0. The molecule has 2 atom stereocenters. The van der Waals surface area contributed by atoms with Crippen molar-refractivity contribution in [2.24, 2.45) is 5.73 Å². The normalized spacial score (nSPS) is 23.1. The molecular weight excluding hydrogens is 258 g/mol. The van der Waals surface area contributed by atoms with Gasteiger partial charge in [-0.1, -0.05) is 54.6 Å². The Hall–Kier alpha value is -1.64. The summed E-state index contributed by atoms with van der Waals surface area (Å²) >= 11 is 0. The van der Waals surface area contributed by atoms with E-state index < -0.39 is 0 Å². The minimum absolute atomic E-state index is 0.0502. The standard InChI is InChI=1S/C19H23NO/c1-19(12-5-13-21-19)18(20)17-10-8-16(9-11-17)14-15-6-3-2-4-7-15/h2-4,6-11,18H,5,12-14,20H2,1H3. The zero-order valence-electron chi connectivity index (χ0n) is 12.6. The molecule has 1 aliphatic rings. The minimum atomic E-state index is -0.207. The zero-order valence-corrected chi connectivity index (χ0v) is 12.6. The summed E-state index contributed by atoms with van der Waals surface area (Å²) in [6, 6.07) is 19.1. The second-order valence-corrected chi connectivity index (χ2v) is 6.15. The van der Waals surface area contributed by atoms with Gasteiger partial charge in [0.1, 0.15) is 0 Å². The van der Waals surface area contributed by atoms with Crippen molar-refractivity contribution in [3.05, 3.63) is 71.3 Å². The van der Waals surface area contributed by atoms with Crippen LogP contribution in [0.4, 0.5) is 0 Å². The molecule has 0 aromatic heterocycles. The highest BCUT2D eigenvalue weighted by molar-refractivity contribution is 5.31. The highest BCUT2D eigenvalue weighted by Crippen LogP contribution is 2.35. The van der Waals surface area contributed by atoms with Crippen molar-refractivity contribution in [1.82, 2.24) is 0 Å². The van der Waals surface area contributed by atoms with Crippen molar-refractivity contribution in [2.45, 2.75) is 37.8 Å². The van der Waals surface area contributed by atoms with E-state index in [1.807, 2.05) is 6.07 Å². The number of ether oxygens (including phenoxy) is 1. The van der Waals surface area contributed by atoms with E-state index in [-0.39, 0.29) is 11.6 Å². The summed E-state index contributed by atoms with van der Waals surface area (Å²) in [5.41, 5.74) is 10.0. The first kappa shape index (κ1) is 14.3. The smallest absolute Gasteiger partial charge is 0.0847 e. The van der Waals surface area contributed by atoms with E-state index in [1.165, 1.54) is 11.1 Å². The average molecular weight is 281 g/mol. The van der Waals surface area contributed by atoms with Gasteiger partial charge < -0.3 is 10.5 Å². The molecule has 0 spiro atoms.